The van der Waals surface area contributed by atoms with E-state index < -0.39 is 60.2 Å². The molecule has 15 heteroatoms. The second kappa shape index (κ2) is 13.7. The second-order valence-corrected chi connectivity index (χ2v) is 8.67. The Labute approximate surface area is 212 Å². The molecule has 0 aromatic carbocycles. The van der Waals surface area contributed by atoms with Crippen LogP contribution in [0.25, 0.3) is 0 Å². The molecule has 5 atom stereocenters. The highest BCUT2D eigenvalue weighted by Crippen LogP contribution is 2.10. The van der Waals surface area contributed by atoms with Crippen molar-refractivity contribution in [2.45, 2.75) is 63.7 Å². The van der Waals surface area contributed by atoms with Crippen molar-refractivity contribution in [2.75, 3.05) is 0 Å². The summed E-state index contributed by atoms with van der Waals surface area (Å²) in [6.45, 7) is 3.53. The first-order chi connectivity index (χ1) is 17.5. The van der Waals surface area contributed by atoms with Gasteiger partial charge >= 0.3 is 5.97 Å². The number of imidazole rings is 2. The number of hydrogen-bond acceptors (Lipinski definition) is 8. The Morgan fingerprint density at radius 3 is 1.92 bits per heavy atom. The number of hydrogen-bond donors (Lipinski definition) is 8. The summed E-state index contributed by atoms with van der Waals surface area (Å²) >= 11 is 0. The van der Waals surface area contributed by atoms with E-state index in [0.717, 1.165) is 0 Å². The maximum absolute atomic E-state index is 13.2. The molecule has 0 spiro atoms. The van der Waals surface area contributed by atoms with E-state index in [2.05, 4.69) is 35.9 Å². The van der Waals surface area contributed by atoms with Crippen molar-refractivity contribution in [3.05, 3.63) is 36.4 Å². The predicted molar refractivity (Wildman–Crippen MR) is 129 cm³/mol. The Kier molecular flexibility index (Phi) is 10.7. The number of primary amides is 1. The number of aromatic nitrogens is 4. The van der Waals surface area contributed by atoms with Gasteiger partial charge in [0, 0.05) is 36.6 Å². The summed E-state index contributed by atoms with van der Waals surface area (Å²) in [5.41, 5.74) is 11.8. The lowest BCUT2D eigenvalue weighted by Gasteiger charge is -2.27. The van der Waals surface area contributed by atoms with E-state index in [1.807, 2.05) is 6.92 Å². The third-order valence-corrected chi connectivity index (χ3v) is 5.76. The molecule has 0 radical (unpaired) electrons. The van der Waals surface area contributed by atoms with Crippen LogP contribution in [0.4, 0.5) is 0 Å². The molecule has 0 bridgehead atoms. The highest BCUT2D eigenvalue weighted by Gasteiger charge is 2.33. The summed E-state index contributed by atoms with van der Waals surface area (Å²) in [6, 6.07) is -4.85. The highest BCUT2D eigenvalue weighted by atomic mass is 16.4. The van der Waals surface area contributed by atoms with Crippen molar-refractivity contribution in [2.24, 2.45) is 17.4 Å². The molecular weight excluding hydrogens is 486 g/mol. The highest BCUT2D eigenvalue weighted by molar-refractivity contribution is 5.95. The number of nitrogens with two attached hydrogens (primary N) is 2. The van der Waals surface area contributed by atoms with Crippen LogP contribution in [0.15, 0.2) is 25.0 Å². The van der Waals surface area contributed by atoms with E-state index in [9.17, 15) is 29.1 Å². The van der Waals surface area contributed by atoms with Gasteiger partial charge in [0.2, 0.25) is 23.6 Å². The number of H-pyrrole nitrogens is 2. The van der Waals surface area contributed by atoms with Gasteiger partial charge in [-0.1, -0.05) is 20.3 Å². The first-order valence-electron chi connectivity index (χ1n) is 11.6. The lowest BCUT2D eigenvalue weighted by atomic mass is 9.97. The van der Waals surface area contributed by atoms with Crippen molar-refractivity contribution in [1.82, 2.24) is 35.9 Å². The van der Waals surface area contributed by atoms with Gasteiger partial charge < -0.3 is 42.5 Å². The minimum Gasteiger partial charge on any atom is -0.480 e. The molecule has 0 fully saturated rings. The summed E-state index contributed by atoms with van der Waals surface area (Å²) in [6.07, 6.45) is 5.68. The Bertz CT molecular complexity index is 1060. The van der Waals surface area contributed by atoms with Gasteiger partial charge in [-0.2, -0.15) is 0 Å². The normalized spacial score (nSPS) is 15.0. The van der Waals surface area contributed by atoms with Crippen molar-refractivity contribution in [3.63, 3.8) is 0 Å². The minimum atomic E-state index is -1.30. The first kappa shape index (κ1) is 29.0. The van der Waals surface area contributed by atoms with Crippen LogP contribution in [-0.4, -0.2) is 78.8 Å². The fourth-order valence-electron chi connectivity index (χ4n) is 3.45. The van der Waals surface area contributed by atoms with Gasteiger partial charge in [0.15, 0.2) is 0 Å². The monoisotopic (exact) mass is 519 g/mol. The van der Waals surface area contributed by atoms with E-state index >= 15 is 0 Å². The lowest BCUT2D eigenvalue weighted by molar-refractivity contribution is -0.142. The van der Waals surface area contributed by atoms with Gasteiger partial charge in [0.05, 0.1) is 25.1 Å². The van der Waals surface area contributed by atoms with Gasteiger partial charge in [-0.05, 0) is 5.92 Å². The molecule has 37 heavy (non-hydrogen) atoms. The zero-order valence-electron chi connectivity index (χ0n) is 20.6. The van der Waals surface area contributed by atoms with Crippen molar-refractivity contribution >= 4 is 29.6 Å². The van der Waals surface area contributed by atoms with Crippen molar-refractivity contribution in [1.29, 1.82) is 0 Å². The van der Waals surface area contributed by atoms with Crippen LogP contribution in [0.5, 0.6) is 0 Å². The van der Waals surface area contributed by atoms with Crippen LogP contribution >= 0.6 is 0 Å². The number of nitrogens with zero attached hydrogens (tertiary/aromatic N) is 2. The summed E-state index contributed by atoms with van der Waals surface area (Å²) in [7, 11) is 0. The first-order valence-corrected chi connectivity index (χ1v) is 11.6. The van der Waals surface area contributed by atoms with E-state index in [4.69, 9.17) is 11.5 Å². The third kappa shape index (κ3) is 9.03. The molecule has 2 rings (SSSR count). The van der Waals surface area contributed by atoms with Gasteiger partial charge in [0.25, 0.3) is 0 Å². The fourth-order valence-corrected chi connectivity index (χ4v) is 3.45. The average molecular weight is 520 g/mol. The Hall–Kier alpha value is -4.27. The molecule has 0 aliphatic heterocycles. The van der Waals surface area contributed by atoms with E-state index in [1.54, 1.807) is 6.92 Å². The van der Waals surface area contributed by atoms with Crippen LogP contribution in [0.2, 0.25) is 0 Å². The Morgan fingerprint density at radius 2 is 1.46 bits per heavy atom. The largest absolute Gasteiger partial charge is 0.480 e. The van der Waals surface area contributed by atoms with Crippen LogP contribution < -0.4 is 27.4 Å². The summed E-state index contributed by atoms with van der Waals surface area (Å²) in [5.74, 6) is -4.61. The van der Waals surface area contributed by atoms with E-state index in [0.29, 0.717) is 17.8 Å². The van der Waals surface area contributed by atoms with Crippen LogP contribution in [-0.2, 0) is 36.8 Å². The maximum atomic E-state index is 13.2. The number of amides is 4. The topological polar surface area (TPSA) is 251 Å². The SMILES string of the molecule is CCC(C)C(NC(=O)C(N)CC(N)=O)C(=O)NC(Cc1cnc[nH]1)C(=O)NC(Cc1cnc[nH]1)C(=O)O. The number of aliphatic carboxylic acids is 1. The maximum Gasteiger partial charge on any atom is 0.326 e. The Balaban J connectivity index is 2.21. The Morgan fingerprint density at radius 1 is 0.919 bits per heavy atom. The molecule has 10 N–H and O–H groups in total. The minimum absolute atomic E-state index is 0.0314. The van der Waals surface area contributed by atoms with Crippen molar-refractivity contribution < 1.29 is 29.1 Å². The fraction of sp³-hybridized carbons (Fsp3) is 0.500. The summed E-state index contributed by atoms with van der Waals surface area (Å²) in [4.78, 5) is 75.1. The van der Waals surface area contributed by atoms with Gasteiger partial charge in [0.1, 0.15) is 18.1 Å². The molecule has 2 aromatic heterocycles. The van der Waals surface area contributed by atoms with E-state index in [1.165, 1.54) is 25.0 Å². The third-order valence-electron chi connectivity index (χ3n) is 5.76. The smallest absolute Gasteiger partial charge is 0.326 e. The van der Waals surface area contributed by atoms with E-state index in [-0.39, 0.29) is 18.8 Å². The predicted octanol–water partition coefficient (Wildman–Crippen LogP) is -2.29. The lowest BCUT2D eigenvalue weighted by Crippen LogP contribution is -2.59. The molecular formula is C22H33N9O6. The number of carbonyl (C=O) groups excluding carboxylic acids is 4. The molecule has 202 valence electrons. The molecule has 4 amide bonds. The molecule has 0 saturated heterocycles. The van der Waals surface area contributed by atoms with Crippen LogP contribution in [0, 0.1) is 5.92 Å². The number of carbonyl (C=O) groups is 5. The van der Waals surface area contributed by atoms with Gasteiger partial charge in [-0.3, -0.25) is 19.2 Å². The molecule has 0 saturated carbocycles. The summed E-state index contributed by atoms with van der Waals surface area (Å²) < 4.78 is 0. The number of carboxylic acids is 1. The zero-order valence-corrected chi connectivity index (χ0v) is 20.6. The number of aromatic amines is 2. The van der Waals surface area contributed by atoms with Gasteiger partial charge in [-0.15, -0.1) is 0 Å². The molecule has 15 nitrogen and oxygen atoms in total. The molecule has 0 aliphatic carbocycles. The summed E-state index contributed by atoms with van der Waals surface area (Å²) in [5, 5.41) is 17.2. The van der Waals surface area contributed by atoms with Crippen molar-refractivity contribution in [3.8, 4) is 0 Å². The molecule has 2 heterocycles. The van der Waals surface area contributed by atoms with Gasteiger partial charge in [-0.25, -0.2) is 14.8 Å². The number of nitrogens with one attached hydrogen (secondary N) is 5. The standard InChI is InChI=1S/C22H33N9O6/c1-3-11(2)18(31-19(33)14(23)6-17(24)32)21(35)29-15(4-12-7-25-9-27-12)20(34)30-16(22(36)37)5-13-8-26-10-28-13/h7-11,14-16,18H,3-6,23H2,1-2H3,(H2,24,32)(H,25,27)(H,26,28)(H,29,35)(H,30,34)(H,31,33)(H,36,37). The zero-order chi connectivity index (χ0) is 27.5. The number of rotatable bonds is 15. The molecule has 0 aliphatic rings. The number of carboxylic acid groups (broad SMARTS) is 1. The average Bonchev–Trinajstić information content (AvgIpc) is 3.54. The molecule has 5 unspecified atom stereocenters. The quantitative estimate of drug-likeness (QED) is 0.126. The van der Waals surface area contributed by atoms with Crippen LogP contribution in [0.1, 0.15) is 38.1 Å². The second-order valence-electron chi connectivity index (χ2n) is 8.67. The van der Waals surface area contributed by atoms with Crippen LogP contribution in [0.3, 0.4) is 0 Å². The molecule has 2 aromatic rings.